The van der Waals surface area contributed by atoms with Gasteiger partial charge in [-0.2, -0.15) is 0 Å². The zero-order chi connectivity index (χ0) is 14.7. The van der Waals surface area contributed by atoms with Crippen LogP contribution in [0, 0.1) is 5.82 Å². The smallest absolute Gasteiger partial charge is 0.257 e. The van der Waals surface area contributed by atoms with E-state index in [0.29, 0.717) is 0 Å². The zero-order valence-electron chi connectivity index (χ0n) is 11.0. The molecule has 0 spiro atoms. The van der Waals surface area contributed by atoms with Gasteiger partial charge in [0, 0.05) is 0 Å². The molecule has 0 unspecified atom stereocenters. The quantitative estimate of drug-likeness (QED) is 0.595. The minimum atomic E-state index is -0.649. The van der Waals surface area contributed by atoms with Crippen LogP contribution in [0.1, 0.15) is 22.8 Å². The summed E-state index contributed by atoms with van der Waals surface area (Å²) in [7, 11) is 0. The minimum absolute atomic E-state index is 0.0336. The van der Waals surface area contributed by atoms with Crippen molar-refractivity contribution in [1.82, 2.24) is 0 Å². The van der Waals surface area contributed by atoms with E-state index in [9.17, 15) is 14.3 Å². The second-order valence-electron chi connectivity index (χ2n) is 4.36. The maximum atomic E-state index is 13.3. The molecule has 1 amide bonds. The Balaban J connectivity index is 2.30. The lowest BCUT2D eigenvalue weighted by Gasteiger charge is -2.10. The Morgan fingerprint density at radius 3 is 2.80 bits per heavy atom. The Morgan fingerprint density at radius 1 is 1.35 bits per heavy atom. The van der Waals surface area contributed by atoms with E-state index in [4.69, 9.17) is 5.73 Å². The average molecular weight is 274 g/mol. The third kappa shape index (κ3) is 2.71. The molecular formula is C15H15FN2O2. The molecule has 0 radical (unpaired) electrons. The van der Waals surface area contributed by atoms with Crippen LogP contribution in [0.25, 0.3) is 0 Å². The Hall–Kier alpha value is -2.56. The first kappa shape index (κ1) is 13.9. The van der Waals surface area contributed by atoms with Gasteiger partial charge in [0.15, 0.2) is 0 Å². The molecule has 0 aliphatic carbocycles. The largest absolute Gasteiger partial charge is 0.506 e. The molecule has 0 atom stereocenters. The molecule has 4 nitrogen and oxygen atoms in total. The second-order valence-corrected chi connectivity index (χ2v) is 4.36. The molecule has 2 aromatic rings. The SMILES string of the molecule is CCc1ccc(O)c(NC(=O)c2cccc(F)c2N)c1. The highest BCUT2D eigenvalue weighted by atomic mass is 19.1. The molecule has 20 heavy (non-hydrogen) atoms. The van der Waals surface area contributed by atoms with Crippen molar-refractivity contribution in [3.8, 4) is 5.75 Å². The van der Waals surface area contributed by atoms with Gasteiger partial charge in [0.25, 0.3) is 5.91 Å². The molecule has 2 aromatic carbocycles. The second kappa shape index (κ2) is 5.61. The van der Waals surface area contributed by atoms with Gasteiger partial charge in [0.05, 0.1) is 16.9 Å². The van der Waals surface area contributed by atoms with Crippen molar-refractivity contribution in [2.45, 2.75) is 13.3 Å². The van der Waals surface area contributed by atoms with Crippen molar-refractivity contribution in [3.05, 3.63) is 53.3 Å². The molecule has 4 N–H and O–H groups in total. The molecule has 0 aliphatic heterocycles. The number of halogens is 1. The number of carbonyl (C=O) groups is 1. The number of aryl methyl sites for hydroxylation is 1. The number of nitrogen functional groups attached to an aromatic ring is 1. The lowest BCUT2D eigenvalue weighted by atomic mass is 10.1. The number of benzene rings is 2. The summed E-state index contributed by atoms with van der Waals surface area (Å²) in [6, 6.07) is 8.95. The average Bonchev–Trinajstić information content (AvgIpc) is 2.44. The predicted octanol–water partition coefficient (Wildman–Crippen LogP) is 2.93. The van der Waals surface area contributed by atoms with Crippen LogP contribution in [0.15, 0.2) is 36.4 Å². The summed E-state index contributed by atoms with van der Waals surface area (Å²) >= 11 is 0. The number of aromatic hydroxyl groups is 1. The van der Waals surface area contributed by atoms with Gasteiger partial charge >= 0.3 is 0 Å². The van der Waals surface area contributed by atoms with Gasteiger partial charge in [-0.25, -0.2) is 4.39 Å². The van der Waals surface area contributed by atoms with E-state index in [2.05, 4.69) is 5.32 Å². The number of hydrogen-bond donors (Lipinski definition) is 3. The van der Waals surface area contributed by atoms with Crippen molar-refractivity contribution in [2.75, 3.05) is 11.1 Å². The maximum Gasteiger partial charge on any atom is 0.257 e. The van der Waals surface area contributed by atoms with Gasteiger partial charge in [-0.3, -0.25) is 4.79 Å². The Labute approximate surface area is 116 Å². The monoisotopic (exact) mass is 274 g/mol. The number of para-hydroxylation sites is 1. The number of nitrogens with two attached hydrogens (primary N) is 1. The summed E-state index contributed by atoms with van der Waals surface area (Å²) in [5.74, 6) is -1.26. The van der Waals surface area contributed by atoms with Crippen molar-refractivity contribution >= 4 is 17.3 Å². The van der Waals surface area contributed by atoms with Crippen LogP contribution in [-0.2, 0) is 6.42 Å². The summed E-state index contributed by atoms with van der Waals surface area (Å²) in [5.41, 5.74) is 6.59. The highest BCUT2D eigenvalue weighted by Crippen LogP contribution is 2.26. The van der Waals surface area contributed by atoms with Crippen molar-refractivity contribution in [2.24, 2.45) is 0 Å². The molecule has 0 aromatic heterocycles. The van der Waals surface area contributed by atoms with E-state index in [1.54, 1.807) is 12.1 Å². The van der Waals surface area contributed by atoms with Crippen LogP contribution in [0.4, 0.5) is 15.8 Å². The number of anilines is 2. The molecule has 0 fully saturated rings. The number of carbonyl (C=O) groups excluding carboxylic acids is 1. The standard InChI is InChI=1S/C15H15FN2O2/c1-2-9-6-7-13(19)12(8-9)18-15(20)10-4-3-5-11(16)14(10)17/h3-8,19H,2,17H2,1H3,(H,18,20). The van der Waals surface area contributed by atoms with Crippen LogP contribution >= 0.6 is 0 Å². The first-order valence-corrected chi connectivity index (χ1v) is 6.20. The van der Waals surface area contributed by atoms with E-state index >= 15 is 0 Å². The fourth-order valence-corrected chi connectivity index (χ4v) is 1.83. The molecular weight excluding hydrogens is 259 g/mol. The first-order chi connectivity index (χ1) is 9.52. The van der Waals surface area contributed by atoms with E-state index in [0.717, 1.165) is 12.0 Å². The van der Waals surface area contributed by atoms with E-state index in [1.165, 1.54) is 24.3 Å². The lowest BCUT2D eigenvalue weighted by Crippen LogP contribution is -2.15. The van der Waals surface area contributed by atoms with Crippen molar-refractivity contribution < 1.29 is 14.3 Å². The molecule has 0 heterocycles. The summed E-state index contributed by atoms with van der Waals surface area (Å²) in [6.07, 6.45) is 0.769. The van der Waals surface area contributed by atoms with Crippen LogP contribution in [0.5, 0.6) is 5.75 Å². The molecule has 0 saturated heterocycles. The van der Waals surface area contributed by atoms with Crippen molar-refractivity contribution in [1.29, 1.82) is 0 Å². The highest BCUT2D eigenvalue weighted by Gasteiger charge is 2.14. The third-order valence-corrected chi connectivity index (χ3v) is 3.01. The Bertz CT molecular complexity index is 656. The number of amides is 1. The fraction of sp³-hybridized carbons (Fsp3) is 0.133. The number of hydrogen-bond acceptors (Lipinski definition) is 3. The molecule has 0 bridgehead atoms. The van der Waals surface area contributed by atoms with Crippen LogP contribution < -0.4 is 11.1 Å². The predicted molar refractivity (Wildman–Crippen MR) is 76.3 cm³/mol. The molecule has 0 aliphatic rings. The number of nitrogens with one attached hydrogen (secondary N) is 1. The maximum absolute atomic E-state index is 13.3. The summed E-state index contributed by atoms with van der Waals surface area (Å²) in [4.78, 5) is 12.1. The van der Waals surface area contributed by atoms with Gasteiger partial charge in [0.2, 0.25) is 0 Å². The topological polar surface area (TPSA) is 75.3 Å². The molecule has 0 saturated carbocycles. The lowest BCUT2D eigenvalue weighted by molar-refractivity contribution is 0.102. The van der Waals surface area contributed by atoms with E-state index in [-0.39, 0.29) is 22.7 Å². The summed E-state index contributed by atoms with van der Waals surface area (Å²) in [5, 5.41) is 12.3. The molecule has 104 valence electrons. The van der Waals surface area contributed by atoms with Gasteiger partial charge in [0.1, 0.15) is 11.6 Å². The van der Waals surface area contributed by atoms with Gasteiger partial charge in [-0.1, -0.05) is 19.1 Å². The van der Waals surface area contributed by atoms with Gasteiger partial charge < -0.3 is 16.2 Å². The normalized spacial score (nSPS) is 10.3. The zero-order valence-corrected chi connectivity index (χ0v) is 11.0. The van der Waals surface area contributed by atoms with Gasteiger partial charge in [-0.15, -0.1) is 0 Å². The van der Waals surface area contributed by atoms with E-state index < -0.39 is 11.7 Å². The Morgan fingerprint density at radius 2 is 2.10 bits per heavy atom. The number of phenols is 1. The summed E-state index contributed by atoms with van der Waals surface area (Å²) < 4.78 is 13.3. The van der Waals surface area contributed by atoms with E-state index in [1.807, 2.05) is 6.92 Å². The minimum Gasteiger partial charge on any atom is -0.506 e. The van der Waals surface area contributed by atoms with Crippen molar-refractivity contribution in [3.63, 3.8) is 0 Å². The molecule has 2 rings (SSSR count). The number of rotatable bonds is 3. The summed E-state index contributed by atoms with van der Waals surface area (Å²) in [6.45, 7) is 1.96. The van der Waals surface area contributed by atoms with Crippen LogP contribution in [0.3, 0.4) is 0 Å². The third-order valence-electron chi connectivity index (χ3n) is 3.01. The van der Waals surface area contributed by atoms with Crippen LogP contribution in [0.2, 0.25) is 0 Å². The number of phenolic OH excluding ortho intramolecular Hbond substituents is 1. The highest BCUT2D eigenvalue weighted by molar-refractivity contribution is 6.08. The fourth-order valence-electron chi connectivity index (χ4n) is 1.83. The van der Waals surface area contributed by atoms with Crippen LogP contribution in [-0.4, -0.2) is 11.0 Å². The van der Waals surface area contributed by atoms with Gasteiger partial charge in [-0.05, 0) is 36.2 Å². The Kier molecular flexibility index (Phi) is 3.89. The first-order valence-electron chi connectivity index (χ1n) is 6.20. The molecule has 5 heteroatoms.